The minimum absolute atomic E-state index is 0.781. The largest absolute Gasteiger partial charge is 0.348 e. The predicted molar refractivity (Wildman–Crippen MR) is 66.6 cm³/mol. The van der Waals surface area contributed by atoms with Crippen molar-refractivity contribution in [3.8, 4) is 0 Å². The van der Waals surface area contributed by atoms with Gasteiger partial charge in [-0.05, 0) is 20.8 Å². The van der Waals surface area contributed by atoms with E-state index >= 15 is 0 Å². The Morgan fingerprint density at radius 1 is 1.29 bits per heavy atom. The molecule has 2 aromatic rings. The molecule has 2 aromatic heterocycles. The lowest BCUT2D eigenvalue weighted by Crippen LogP contribution is -2.14. The second kappa shape index (κ2) is 4.71. The van der Waals surface area contributed by atoms with Crippen LogP contribution in [-0.4, -0.2) is 19.7 Å². The molecule has 0 saturated carbocycles. The third kappa shape index (κ3) is 2.39. The summed E-state index contributed by atoms with van der Waals surface area (Å²) in [6.07, 6.45) is 1.73. The molecule has 0 radical (unpaired) electrons. The molecule has 0 amide bonds. The molecule has 0 aromatic carbocycles. The summed E-state index contributed by atoms with van der Waals surface area (Å²) in [6, 6.07) is 0. The van der Waals surface area contributed by atoms with Crippen molar-refractivity contribution in [2.75, 3.05) is 0 Å². The van der Waals surface area contributed by atoms with Crippen LogP contribution in [0.4, 0.5) is 0 Å². The fraction of sp³-hybridized carbons (Fsp3) is 0.500. The summed E-state index contributed by atoms with van der Waals surface area (Å²) in [5, 5.41) is 7.80. The highest BCUT2D eigenvalue weighted by molar-refractivity contribution is 5.24. The highest BCUT2D eigenvalue weighted by Crippen LogP contribution is 2.11. The molecule has 0 aliphatic carbocycles. The Hall–Kier alpha value is -1.62. The van der Waals surface area contributed by atoms with E-state index in [1.807, 2.05) is 25.6 Å². The summed E-state index contributed by atoms with van der Waals surface area (Å²) >= 11 is 0. The van der Waals surface area contributed by atoms with Gasteiger partial charge >= 0.3 is 0 Å². The molecule has 0 atom stereocenters. The SMILES string of the molecule is Cc1nn(C)c(C)c1CNCc1nc[nH]c1C. The van der Waals surface area contributed by atoms with Crippen LogP contribution in [0, 0.1) is 20.8 Å². The normalized spacial score (nSPS) is 11.1. The fourth-order valence-electron chi connectivity index (χ4n) is 1.94. The summed E-state index contributed by atoms with van der Waals surface area (Å²) in [7, 11) is 1.98. The van der Waals surface area contributed by atoms with Crippen molar-refractivity contribution in [3.63, 3.8) is 0 Å². The Morgan fingerprint density at radius 2 is 2.06 bits per heavy atom. The summed E-state index contributed by atoms with van der Waals surface area (Å²) < 4.78 is 1.92. The van der Waals surface area contributed by atoms with Crippen LogP contribution in [0.2, 0.25) is 0 Å². The molecule has 0 saturated heterocycles. The van der Waals surface area contributed by atoms with E-state index in [-0.39, 0.29) is 0 Å². The molecule has 2 rings (SSSR count). The van der Waals surface area contributed by atoms with Crippen LogP contribution in [0.25, 0.3) is 0 Å². The van der Waals surface area contributed by atoms with Gasteiger partial charge in [0, 0.05) is 37.1 Å². The smallest absolute Gasteiger partial charge is 0.0925 e. The Labute approximate surface area is 101 Å². The number of H-pyrrole nitrogens is 1. The average Bonchev–Trinajstić information content (AvgIpc) is 2.78. The maximum Gasteiger partial charge on any atom is 0.0925 e. The maximum absolute atomic E-state index is 4.40. The zero-order valence-corrected chi connectivity index (χ0v) is 10.8. The summed E-state index contributed by atoms with van der Waals surface area (Å²) in [5.41, 5.74) is 5.78. The van der Waals surface area contributed by atoms with Crippen molar-refractivity contribution in [2.45, 2.75) is 33.9 Å². The number of nitrogens with zero attached hydrogens (tertiary/aromatic N) is 3. The number of aromatic nitrogens is 4. The number of aryl methyl sites for hydroxylation is 3. The maximum atomic E-state index is 4.40. The first-order valence-electron chi connectivity index (χ1n) is 5.78. The van der Waals surface area contributed by atoms with Crippen molar-refractivity contribution in [1.82, 2.24) is 25.1 Å². The number of imidazole rings is 1. The van der Waals surface area contributed by atoms with Gasteiger partial charge in [0.05, 0.1) is 17.7 Å². The third-order valence-electron chi connectivity index (χ3n) is 3.19. The Morgan fingerprint density at radius 3 is 2.59 bits per heavy atom. The lowest BCUT2D eigenvalue weighted by atomic mass is 10.2. The molecule has 0 bridgehead atoms. The molecule has 5 nitrogen and oxygen atoms in total. The van der Waals surface area contributed by atoms with Gasteiger partial charge in [-0.15, -0.1) is 0 Å². The minimum Gasteiger partial charge on any atom is -0.348 e. The quantitative estimate of drug-likeness (QED) is 0.838. The minimum atomic E-state index is 0.781. The molecule has 0 spiro atoms. The van der Waals surface area contributed by atoms with Crippen LogP contribution >= 0.6 is 0 Å². The van der Waals surface area contributed by atoms with Crippen LogP contribution in [0.1, 0.15) is 28.3 Å². The lowest BCUT2D eigenvalue weighted by Gasteiger charge is -2.04. The van der Waals surface area contributed by atoms with E-state index in [0.29, 0.717) is 0 Å². The molecular formula is C12H19N5. The predicted octanol–water partition coefficient (Wildman–Crippen LogP) is 1.36. The van der Waals surface area contributed by atoms with E-state index in [2.05, 4.69) is 27.3 Å². The van der Waals surface area contributed by atoms with Gasteiger partial charge in [-0.3, -0.25) is 4.68 Å². The Balaban J connectivity index is 1.97. The van der Waals surface area contributed by atoms with Crippen LogP contribution < -0.4 is 5.32 Å². The third-order valence-corrected chi connectivity index (χ3v) is 3.19. The zero-order chi connectivity index (χ0) is 12.4. The van der Waals surface area contributed by atoms with Gasteiger partial charge < -0.3 is 10.3 Å². The highest BCUT2D eigenvalue weighted by atomic mass is 15.3. The molecule has 5 heteroatoms. The molecule has 0 aliphatic heterocycles. The van der Waals surface area contributed by atoms with Crippen molar-refractivity contribution in [2.24, 2.45) is 7.05 Å². The first-order valence-corrected chi connectivity index (χ1v) is 5.78. The van der Waals surface area contributed by atoms with Crippen LogP contribution in [0.5, 0.6) is 0 Å². The molecule has 2 N–H and O–H groups in total. The molecule has 0 aliphatic rings. The number of hydrogen-bond acceptors (Lipinski definition) is 3. The van der Waals surface area contributed by atoms with E-state index in [0.717, 1.165) is 30.2 Å². The monoisotopic (exact) mass is 233 g/mol. The van der Waals surface area contributed by atoms with Gasteiger partial charge in [0.15, 0.2) is 0 Å². The van der Waals surface area contributed by atoms with E-state index in [4.69, 9.17) is 0 Å². The lowest BCUT2D eigenvalue weighted by molar-refractivity contribution is 0.671. The molecule has 0 unspecified atom stereocenters. The van der Waals surface area contributed by atoms with Gasteiger partial charge in [-0.2, -0.15) is 5.10 Å². The number of nitrogens with one attached hydrogen (secondary N) is 2. The summed E-state index contributed by atoms with van der Waals surface area (Å²) in [6.45, 7) is 7.78. The van der Waals surface area contributed by atoms with E-state index in [9.17, 15) is 0 Å². The average molecular weight is 233 g/mol. The molecule has 0 fully saturated rings. The van der Waals surface area contributed by atoms with Crippen LogP contribution in [0.3, 0.4) is 0 Å². The van der Waals surface area contributed by atoms with E-state index < -0.39 is 0 Å². The topological polar surface area (TPSA) is 58.5 Å². The van der Waals surface area contributed by atoms with E-state index in [1.165, 1.54) is 11.3 Å². The zero-order valence-electron chi connectivity index (χ0n) is 10.8. The van der Waals surface area contributed by atoms with Gasteiger partial charge in [0.25, 0.3) is 0 Å². The standard InChI is InChI=1S/C12H19N5/c1-8-11(10(3)17(4)16-8)5-13-6-12-9(2)14-7-15-12/h7,13H,5-6H2,1-4H3,(H,14,15). The Bertz CT molecular complexity index is 509. The first-order chi connectivity index (χ1) is 8.09. The highest BCUT2D eigenvalue weighted by Gasteiger charge is 2.09. The summed E-state index contributed by atoms with van der Waals surface area (Å²) in [4.78, 5) is 7.33. The van der Waals surface area contributed by atoms with Crippen LogP contribution in [0.15, 0.2) is 6.33 Å². The first kappa shape index (κ1) is 11.9. The van der Waals surface area contributed by atoms with Crippen molar-refractivity contribution >= 4 is 0 Å². The van der Waals surface area contributed by atoms with Gasteiger partial charge in [0.1, 0.15) is 0 Å². The number of rotatable bonds is 4. The molecule has 17 heavy (non-hydrogen) atoms. The number of hydrogen-bond donors (Lipinski definition) is 2. The van der Waals surface area contributed by atoms with Gasteiger partial charge in [-0.1, -0.05) is 0 Å². The number of aromatic amines is 1. The second-order valence-electron chi connectivity index (χ2n) is 4.35. The molecule has 92 valence electrons. The fourth-order valence-corrected chi connectivity index (χ4v) is 1.94. The van der Waals surface area contributed by atoms with Crippen LogP contribution in [-0.2, 0) is 20.1 Å². The van der Waals surface area contributed by atoms with E-state index in [1.54, 1.807) is 6.33 Å². The van der Waals surface area contributed by atoms with Crippen molar-refractivity contribution in [3.05, 3.63) is 34.7 Å². The van der Waals surface area contributed by atoms with Gasteiger partial charge in [-0.25, -0.2) is 4.98 Å². The van der Waals surface area contributed by atoms with Crippen molar-refractivity contribution in [1.29, 1.82) is 0 Å². The molecule has 2 heterocycles. The van der Waals surface area contributed by atoms with Gasteiger partial charge in [0.2, 0.25) is 0 Å². The summed E-state index contributed by atoms with van der Waals surface area (Å²) in [5.74, 6) is 0. The molecular weight excluding hydrogens is 214 g/mol. The second-order valence-corrected chi connectivity index (χ2v) is 4.35. The Kier molecular flexibility index (Phi) is 3.28. The van der Waals surface area contributed by atoms with Crippen molar-refractivity contribution < 1.29 is 0 Å².